The normalized spacial score (nSPS) is 10.2. The van der Waals surface area contributed by atoms with Crippen LogP contribution in [-0.4, -0.2) is 19.7 Å². The Labute approximate surface area is 116 Å². The molecule has 0 amide bonds. The number of rotatable bonds is 3. The Kier molecular flexibility index (Phi) is 3.21. The molecule has 0 saturated carbocycles. The van der Waals surface area contributed by atoms with Crippen LogP contribution in [0.5, 0.6) is 0 Å². The third kappa shape index (κ3) is 2.27. The first-order chi connectivity index (χ1) is 9.88. The molecule has 0 radical (unpaired) electrons. The molecule has 5 nitrogen and oxygen atoms in total. The van der Waals surface area contributed by atoms with Gasteiger partial charge in [-0.3, -0.25) is 4.98 Å². The van der Waals surface area contributed by atoms with E-state index in [0.717, 1.165) is 11.3 Å². The van der Waals surface area contributed by atoms with Gasteiger partial charge in [0.2, 0.25) is 0 Å². The molecule has 0 fully saturated rings. The average Bonchev–Trinajstić information content (AvgIpc) is 2.94. The molecule has 2 heterocycles. The van der Waals surface area contributed by atoms with Crippen LogP contribution in [0.3, 0.4) is 0 Å². The zero-order valence-corrected chi connectivity index (χ0v) is 10.6. The van der Waals surface area contributed by atoms with E-state index in [1.54, 1.807) is 17.1 Å². The number of nitriles is 1. The second-order valence-electron chi connectivity index (χ2n) is 4.18. The Balaban J connectivity index is 2.11. The van der Waals surface area contributed by atoms with Crippen LogP contribution in [-0.2, 0) is 6.42 Å². The van der Waals surface area contributed by atoms with Gasteiger partial charge in [-0.05, 0) is 12.1 Å². The van der Waals surface area contributed by atoms with Gasteiger partial charge in [0, 0.05) is 11.8 Å². The second-order valence-corrected chi connectivity index (χ2v) is 4.18. The fourth-order valence-electron chi connectivity index (χ4n) is 1.92. The Morgan fingerprint density at radius 3 is 2.65 bits per heavy atom. The molecule has 5 heteroatoms. The van der Waals surface area contributed by atoms with Crippen LogP contribution in [0.4, 0.5) is 0 Å². The molecule has 0 saturated heterocycles. The largest absolute Gasteiger partial charge is 0.262 e. The summed E-state index contributed by atoms with van der Waals surface area (Å²) in [6.45, 7) is 0. The number of pyridine rings is 1. The van der Waals surface area contributed by atoms with Crippen molar-refractivity contribution in [3.8, 4) is 23.1 Å². The van der Waals surface area contributed by atoms with Crippen molar-refractivity contribution in [3.05, 3.63) is 60.7 Å². The van der Waals surface area contributed by atoms with Crippen LogP contribution < -0.4 is 0 Å². The molecular formula is C15H11N5. The van der Waals surface area contributed by atoms with E-state index >= 15 is 0 Å². The average molecular weight is 261 g/mol. The highest BCUT2D eigenvalue weighted by Gasteiger charge is 2.12. The molecule has 3 aromatic rings. The first-order valence-electron chi connectivity index (χ1n) is 6.17. The second kappa shape index (κ2) is 5.33. The monoisotopic (exact) mass is 261 g/mol. The zero-order valence-electron chi connectivity index (χ0n) is 10.6. The molecule has 0 atom stereocenters. The minimum absolute atomic E-state index is 0.203. The molecule has 0 aliphatic carbocycles. The Morgan fingerprint density at radius 2 is 1.95 bits per heavy atom. The van der Waals surface area contributed by atoms with Gasteiger partial charge in [0.25, 0.3) is 0 Å². The van der Waals surface area contributed by atoms with E-state index < -0.39 is 0 Å². The van der Waals surface area contributed by atoms with E-state index in [1.165, 1.54) is 0 Å². The van der Waals surface area contributed by atoms with Gasteiger partial charge in [-0.15, -0.1) is 5.10 Å². The standard InChI is InChI=1S/C15H11N5/c16-9-8-14-18-15(12-5-2-1-3-6-12)19-20(14)13-7-4-10-17-11-13/h1-7,10-11H,8H2. The molecule has 20 heavy (non-hydrogen) atoms. The van der Waals surface area contributed by atoms with E-state index in [-0.39, 0.29) is 6.42 Å². The summed E-state index contributed by atoms with van der Waals surface area (Å²) >= 11 is 0. The van der Waals surface area contributed by atoms with Crippen molar-refractivity contribution in [1.29, 1.82) is 5.26 Å². The maximum Gasteiger partial charge on any atom is 0.181 e. The van der Waals surface area contributed by atoms with Crippen molar-refractivity contribution in [3.63, 3.8) is 0 Å². The third-order valence-electron chi connectivity index (χ3n) is 2.83. The van der Waals surface area contributed by atoms with E-state index in [9.17, 15) is 0 Å². The van der Waals surface area contributed by atoms with E-state index in [1.807, 2.05) is 42.5 Å². The summed E-state index contributed by atoms with van der Waals surface area (Å²) in [4.78, 5) is 8.52. The molecule has 2 aromatic heterocycles. The minimum Gasteiger partial charge on any atom is -0.262 e. The SMILES string of the molecule is N#CCc1nc(-c2ccccc2)nn1-c1cccnc1. The molecule has 96 valence electrons. The smallest absolute Gasteiger partial charge is 0.181 e. The van der Waals surface area contributed by atoms with Gasteiger partial charge < -0.3 is 0 Å². The van der Waals surface area contributed by atoms with Gasteiger partial charge in [0.05, 0.1) is 24.4 Å². The van der Waals surface area contributed by atoms with E-state index in [2.05, 4.69) is 21.1 Å². The van der Waals surface area contributed by atoms with Crippen LogP contribution in [0.2, 0.25) is 0 Å². The molecule has 0 aliphatic rings. The zero-order chi connectivity index (χ0) is 13.8. The van der Waals surface area contributed by atoms with Gasteiger partial charge >= 0.3 is 0 Å². The molecule has 3 rings (SSSR count). The first kappa shape index (κ1) is 12.1. The third-order valence-corrected chi connectivity index (χ3v) is 2.83. The Morgan fingerprint density at radius 1 is 1.10 bits per heavy atom. The van der Waals surface area contributed by atoms with E-state index in [4.69, 9.17) is 5.26 Å². The van der Waals surface area contributed by atoms with Crippen LogP contribution >= 0.6 is 0 Å². The summed E-state index contributed by atoms with van der Waals surface area (Å²) in [5.74, 6) is 1.22. The summed E-state index contributed by atoms with van der Waals surface area (Å²) in [7, 11) is 0. The number of benzene rings is 1. The van der Waals surface area contributed by atoms with Crippen molar-refractivity contribution in [2.24, 2.45) is 0 Å². The molecule has 0 unspecified atom stereocenters. The van der Waals surface area contributed by atoms with Gasteiger partial charge in [-0.1, -0.05) is 30.3 Å². The fourth-order valence-corrected chi connectivity index (χ4v) is 1.92. The van der Waals surface area contributed by atoms with Crippen LogP contribution in [0.25, 0.3) is 17.1 Å². The Hall–Kier alpha value is -3.00. The van der Waals surface area contributed by atoms with Gasteiger partial charge in [0.1, 0.15) is 5.82 Å². The predicted molar refractivity (Wildman–Crippen MR) is 73.9 cm³/mol. The number of aromatic nitrogens is 4. The lowest BCUT2D eigenvalue weighted by Crippen LogP contribution is -2.02. The van der Waals surface area contributed by atoms with Crippen LogP contribution in [0.15, 0.2) is 54.9 Å². The molecule has 0 aliphatic heterocycles. The molecule has 1 aromatic carbocycles. The molecule has 0 spiro atoms. The Bertz CT molecular complexity index is 741. The quantitative estimate of drug-likeness (QED) is 0.726. The number of hydrogen-bond acceptors (Lipinski definition) is 4. The van der Waals surface area contributed by atoms with Gasteiger partial charge in [0.15, 0.2) is 5.82 Å². The van der Waals surface area contributed by atoms with E-state index in [0.29, 0.717) is 11.6 Å². The van der Waals surface area contributed by atoms with Crippen molar-refractivity contribution in [2.75, 3.05) is 0 Å². The summed E-state index contributed by atoms with van der Waals surface area (Å²) in [5, 5.41) is 13.4. The van der Waals surface area contributed by atoms with Crippen molar-refractivity contribution in [2.45, 2.75) is 6.42 Å². The van der Waals surface area contributed by atoms with Crippen molar-refractivity contribution in [1.82, 2.24) is 19.7 Å². The van der Waals surface area contributed by atoms with Gasteiger partial charge in [-0.2, -0.15) is 5.26 Å². The maximum atomic E-state index is 8.92. The maximum absolute atomic E-state index is 8.92. The highest BCUT2D eigenvalue weighted by Crippen LogP contribution is 2.17. The molecule has 0 bridgehead atoms. The minimum atomic E-state index is 0.203. The summed E-state index contributed by atoms with van der Waals surface area (Å²) in [5.41, 5.74) is 1.72. The number of hydrogen-bond donors (Lipinski definition) is 0. The highest BCUT2D eigenvalue weighted by atomic mass is 15.4. The van der Waals surface area contributed by atoms with Gasteiger partial charge in [-0.25, -0.2) is 9.67 Å². The lowest BCUT2D eigenvalue weighted by molar-refractivity contribution is 0.818. The summed E-state index contributed by atoms with van der Waals surface area (Å²) < 4.78 is 1.67. The molecular weight excluding hydrogens is 250 g/mol. The van der Waals surface area contributed by atoms with Crippen molar-refractivity contribution >= 4 is 0 Å². The fraction of sp³-hybridized carbons (Fsp3) is 0.0667. The topological polar surface area (TPSA) is 67.4 Å². The highest BCUT2D eigenvalue weighted by molar-refractivity contribution is 5.54. The van der Waals surface area contributed by atoms with Crippen molar-refractivity contribution < 1.29 is 0 Å². The predicted octanol–water partition coefficient (Wildman–Crippen LogP) is 2.40. The summed E-state index contributed by atoms with van der Waals surface area (Å²) in [6.07, 6.45) is 3.60. The summed E-state index contributed by atoms with van der Waals surface area (Å²) in [6, 6.07) is 15.5. The first-order valence-corrected chi connectivity index (χ1v) is 6.17. The number of nitrogens with zero attached hydrogens (tertiary/aromatic N) is 5. The van der Waals surface area contributed by atoms with Crippen LogP contribution in [0, 0.1) is 11.3 Å². The molecule has 0 N–H and O–H groups in total. The lowest BCUT2D eigenvalue weighted by Gasteiger charge is -2.01. The lowest BCUT2D eigenvalue weighted by atomic mass is 10.2. The van der Waals surface area contributed by atoms with Crippen LogP contribution in [0.1, 0.15) is 5.82 Å².